The van der Waals surface area contributed by atoms with Gasteiger partial charge in [-0.2, -0.15) is 4.98 Å². The fourth-order valence-electron chi connectivity index (χ4n) is 5.13. The highest BCUT2D eigenvalue weighted by atomic mass is 127. The average molecular weight is 615 g/mol. The van der Waals surface area contributed by atoms with Gasteiger partial charge in [0.05, 0.1) is 16.7 Å². The van der Waals surface area contributed by atoms with Crippen LogP contribution in [0, 0.1) is 21.8 Å². The third-order valence-corrected chi connectivity index (χ3v) is 8.05. The van der Waals surface area contributed by atoms with Crippen molar-refractivity contribution in [3.8, 4) is 0 Å². The number of fused-ring (bicyclic) bond motifs is 1. The Bertz CT molecular complexity index is 1200. The van der Waals surface area contributed by atoms with E-state index in [0.29, 0.717) is 42.4 Å². The van der Waals surface area contributed by atoms with Gasteiger partial charge < -0.3 is 15.1 Å². The smallest absolute Gasteiger partial charge is 0.258 e. The number of halogens is 5. The van der Waals surface area contributed by atoms with Crippen LogP contribution in [0.15, 0.2) is 36.4 Å². The molecule has 0 radical (unpaired) electrons. The van der Waals surface area contributed by atoms with Gasteiger partial charge in [0.25, 0.3) is 11.8 Å². The quantitative estimate of drug-likeness (QED) is 0.273. The van der Waals surface area contributed by atoms with Gasteiger partial charge >= 0.3 is 0 Å². The summed E-state index contributed by atoms with van der Waals surface area (Å²) in [7, 11) is 0. The van der Waals surface area contributed by atoms with Crippen LogP contribution in [0.25, 0.3) is 0 Å². The maximum Gasteiger partial charge on any atom is 0.258 e. The Morgan fingerprint density at radius 2 is 1.83 bits per heavy atom. The second-order valence-corrected chi connectivity index (χ2v) is 11.0. The molecule has 5 rings (SSSR count). The highest BCUT2D eigenvalue weighted by molar-refractivity contribution is 14.1. The van der Waals surface area contributed by atoms with Crippen molar-refractivity contribution in [3.63, 3.8) is 0 Å². The van der Waals surface area contributed by atoms with E-state index in [4.69, 9.17) is 0 Å². The van der Waals surface area contributed by atoms with Crippen molar-refractivity contribution in [3.05, 3.63) is 51.2 Å². The van der Waals surface area contributed by atoms with E-state index in [-0.39, 0.29) is 43.6 Å². The highest BCUT2D eigenvalue weighted by Gasteiger charge is 2.52. The maximum absolute atomic E-state index is 13.7. The van der Waals surface area contributed by atoms with Gasteiger partial charge in [0, 0.05) is 60.3 Å². The molecule has 3 heterocycles. The van der Waals surface area contributed by atoms with Gasteiger partial charge in [0.2, 0.25) is 12.4 Å². The van der Waals surface area contributed by atoms with Gasteiger partial charge in [0.15, 0.2) is 0 Å². The van der Waals surface area contributed by atoms with Crippen LogP contribution in [0.5, 0.6) is 0 Å². The predicted octanol–water partition coefficient (Wildman–Crippen LogP) is 5.53. The summed E-state index contributed by atoms with van der Waals surface area (Å²) in [6.07, 6.45) is 0.832. The van der Waals surface area contributed by atoms with Crippen molar-refractivity contribution in [1.82, 2.24) is 9.97 Å². The molecule has 2 aromatic rings. The topological polar surface area (TPSA) is 61.4 Å². The van der Waals surface area contributed by atoms with Crippen LogP contribution in [0.1, 0.15) is 35.3 Å². The number of hydrogen-bond donors (Lipinski definition) is 1. The number of nitrogens with zero attached hydrogens (tertiary/aromatic N) is 4. The molecule has 0 unspecified atom stereocenters. The molecular weight excluding hydrogens is 589 g/mol. The van der Waals surface area contributed by atoms with Crippen LogP contribution in [0.2, 0.25) is 0 Å². The number of aromatic nitrogens is 2. The Morgan fingerprint density at radius 1 is 1.11 bits per heavy atom. The lowest BCUT2D eigenvalue weighted by Gasteiger charge is -2.50. The maximum atomic E-state index is 13.7. The molecule has 0 bridgehead atoms. The number of amides is 1. The summed E-state index contributed by atoms with van der Waals surface area (Å²) in [6.45, 7) is 2.86. The molecule has 192 valence electrons. The minimum atomic E-state index is -2.68. The molecular formula is C25H26F4IN5O. The molecule has 2 aliphatic heterocycles. The number of benzene rings is 1. The minimum absolute atomic E-state index is 0.135. The van der Waals surface area contributed by atoms with E-state index in [9.17, 15) is 22.4 Å². The zero-order valence-corrected chi connectivity index (χ0v) is 21.8. The van der Waals surface area contributed by atoms with Crippen LogP contribution in [-0.4, -0.2) is 54.4 Å². The molecule has 2 saturated heterocycles. The van der Waals surface area contributed by atoms with Crippen LogP contribution < -0.4 is 15.1 Å². The van der Waals surface area contributed by atoms with E-state index in [2.05, 4.69) is 37.9 Å². The summed E-state index contributed by atoms with van der Waals surface area (Å²) in [5.41, 5.74) is 0.644. The third-order valence-electron chi connectivity index (χ3n) is 7.37. The van der Waals surface area contributed by atoms with E-state index in [1.54, 1.807) is 30.0 Å². The summed E-state index contributed by atoms with van der Waals surface area (Å²) in [5.74, 6) is -2.74. The molecule has 0 saturated carbocycles. The number of carbonyl (C=O) groups is 1. The number of rotatable bonds is 5. The molecule has 36 heavy (non-hydrogen) atoms. The number of hydrogen-bond acceptors (Lipinski definition) is 5. The molecule has 1 aliphatic carbocycles. The van der Waals surface area contributed by atoms with Crippen molar-refractivity contribution in [2.24, 2.45) is 11.3 Å². The number of aryl methyl sites for hydroxylation is 1. The zero-order valence-electron chi connectivity index (χ0n) is 19.7. The summed E-state index contributed by atoms with van der Waals surface area (Å²) < 4.78 is 55.5. The molecule has 1 aromatic heterocycles. The summed E-state index contributed by atoms with van der Waals surface area (Å²) >= 11 is 2.17. The van der Waals surface area contributed by atoms with Crippen molar-refractivity contribution < 1.29 is 22.4 Å². The van der Waals surface area contributed by atoms with Crippen molar-refractivity contribution in [1.29, 1.82) is 0 Å². The SMILES string of the molecule is Cc1cc(NC(=O)c2ccc(I)cc2N2CC[C@]3(C(F)F)C=C[C@@H]3C2)nc(N2CCC(F)(F)CC2)n1. The average Bonchev–Trinajstić information content (AvgIpc) is 2.79. The van der Waals surface area contributed by atoms with Crippen molar-refractivity contribution in [2.45, 2.75) is 38.5 Å². The minimum Gasteiger partial charge on any atom is -0.370 e. The monoisotopic (exact) mass is 615 g/mol. The van der Waals surface area contributed by atoms with Gasteiger partial charge in [-0.15, -0.1) is 0 Å². The summed E-state index contributed by atoms with van der Waals surface area (Å²) in [5, 5.41) is 2.83. The van der Waals surface area contributed by atoms with Gasteiger partial charge in [-0.25, -0.2) is 22.5 Å². The normalized spacial score (nSPS) is 24.9. The van der Waals surface area contributed by atoms with Gasteiger partial charge in [-0.05, 0) is 54.1 Å². The van der Waals surface area contributed by atoms with E-state index in [1.807, 2.05) is 23.1 Å². The molecule has 1 aromatic carbocycles. The van der Waals surface area contributed by atoms with Crippen LogP contribution >= 0.6 is 22.6 Å². The van der Waals surface area contributed by atoms with Crippen molar-refractivity contribution >= 4 is 46.0 Å². The Labute approximate surface area is 220 Å². The number of allylic oxidation sites excluding steroid dienone is 1. The third kappa shape index (κ3) is 4.78. The Morgan fingerprint density at radius 3 is 2.47 bits per heavy atom. The Hall–Kier alpha value is -2.44. The lowest BCUT2D eigenvalue weighted by atomic mass is 9.63. The van der Waals surface area contributed by atoms with Crippen LogP contribution in [0.3, 0.4) is 0 Å². The number of nitrogens with one attached hydrogen (secondary N) is 1. The first kappa shape index (κ1) is 25.2. The van der Waals surface area contributed by atoms with Gasteiger partial charge in [0.1, 0.15) is 5.82 Å². The summed E-state index contributed by atoms with van der Waals surface area (Å²) in [6, 6.07) is 7.06. The first-order chi connectivity index (χ1) is 17.1. The fraction of sp³-hybridized carbons (Fsp3) is 0.480. The predicted molar refractivity (Wildman–Crippen MR) is 138 cm³/mol. The van der Waals surface area contributed by atoms with Gasteiger partial charge in [-0.1, -0.05) is 12.2 Å². The van der Waals surface area contributed by atoms with E-state index in [0.717, 1.165) is 3.57 Å². The van der Waals surface area contributed by atoms with Crippen LogP contribution in [-0.2, 0) is 0 Å². The van der Waals surface area contributed by atoms with E-state index < -0.39 is 17.8 Å². The second-order valence-electron chi connectivity index (χ2n) is 9.73. The second kappa shape index (κ2) is 9.46. The van der Waals surface area contributed by atoms with Crippen molar-refractivity contribution in [2.75, 3.05) is 41.3 Å². The molecule has 3 aliphatic rings. The number of piperidine rings is 2. The van der Waals surface area contributed by atoms with E-state index in [1.165, 1.54) is 0 Å². The molecule has 2 atom stereocenters. The number of carbonyl (C=O) groups excluding carboxylic acids is 1. The highest BCUT2D eigenvalue weighted by Crippen LogP contribution is 2.51. The van der Waals surface area contributed by atoms with E-state index >= 15 is 0 Å². The Balaban J connectivity index is 1.35. The molecule has 0 spiro atoms. The largest absolute Gasteiger partial charge is 0.370 e. The number of anilines is 3. The summed E-state index contributed by atoms with van der Waals surface area (Å²) in [4.78, 5) is 25.8. The standard InChI is InChI=1S/C25H26F4IN5O/c1-15-12-20(33-23(31-15)34-10-7-25(28,29)8-11-34)32-21(36)18-3-2-17(30)13-19(18)35-9-6-24(22(26)27)5-4-16(24)14-35/h2-5,12-13,16,22H,6-11,14H2,1H3,(H,31,32,33,36)/t16-,24-/m1/s1. The molecule has 6 nitrogen and oxygen atoms in total. The zero-order chi connectivity index (χ0) is 25.7. The Kier molecular flexibility index (Phi) is 6.63. The lowest BCUT2D eigenvalue weighted by molar-refractivity contribution is -0.0262. The molecule has 1 amide bonds. The fourth-order valence-corrected chi connectivity index (χ4v) is 5.61. The number of alkyl halides is 4. The molecule has 1 N–H and O–H groups in total. The van der Waals surface area contributed by atoms with Gasteiger partial charge in [-0.3, -0.25) is 4.79 Å². The molecule has 2 fully saturated rings. The first-order valence-corrected chi connectivity index (χ1v) is 13.0. The molecule has 11 heteroatoms. The van der Waals surface area contributed by atoms with Crippen LogP contribution in [0.4, 0.5) is 35.0 Å². The first-order valence-electron chi connectivity index (χ1n) is 11.9. The lowest BCUT2D eigenvalue weighted by Crippen LogP contribution is -2.53.